The molecule has 2 heterocycles. The van der Waals surface area contributed by atoms with Crippen molar-refractivity contribution in [2.45, 2.75) is 49.6 Å². The zero-order chi connectivity index (χ0) is 25.7. The summed E-state index contributed by atoms with van der Waals surface area (Å²) in [5.74, 6) is 0.872. The van der Waals surface area contributed by atoms with Crippen molar-refractivity contribution < 1.29 is 8.42 Å². The highest BCUT2D eigenvalue weighted by molar-refractivity contribution is 7.92. The molecule has 0 bridgehead atoms. The van der Waals surface area contributed by atoms with Crippen LogP contribution in [0.25, 0.3) is 12.2 Å². The molecular weight excluding hydrogens is 496 g/mol. The minimum Gasteiger partial charge on any atom is -0.351 e. The van der Waals surface area contributed by atoms with Gasteiger partial charge in [0.25, 0.3) is 10.0 Å². The fraction of sp³-hybridized carbons (Fsp3) is 0.346. The lowest BCUT2D eigenvalue weighted by molar-refractivity contribution is 0.221. The molecule has 2 N–H and O–H groups in total. The first-order chi connectivity index (χ1) is 17.2. The van der Waals surface area contributed by atoms with Crippen molar-refractivity contribution in [1.82, 2.24) is 19.9 Å². The molecule has 0 amide bonds. The molecule has 0 aliphatic heterocycles. The Kier molecular flexibility index (Phi) is 8.23. The van der Waals surface area contributed by atoms with Crippen LogP contribution in [0.3, 0.4) is 0 Å². The van der Waals surface area contributed by atoms with Crippen molar-refractivity contribution in [3.05, 3.63) is 70.6 Å². The van der Waals surface area contributed by atoms with Crippen molar-refractivity contribution in [1.29, 1.82) is 0 Å². The topological polar surface area (TPSA) is 100 Å². The minimum absolute atomic E-state index is 0.00859. The first kappa shape index (κ1) is 26.1. The molecule has 0 radical (unpaired) electrons. The molecule has 190 valence electrons. The van der Waals surface area contributed by atoms with Gasteiger partial charge in [-0.15, -0.1) is 0 Å². The molecule has 0 spiro atoms. The second-order valence-corrected chi connectivity index (χ2v) is 11.3. The Balaban J connectivity index is 1.36. The second-order valence-electron chi connectivity index (χ2n) is 9.19. The van der Waals surface area contributed by atoms with Gasteiger partial charge in [0.05, 0.1) is 5.02 Å². The monoisotopic (exact) mass is 526 g/mol. The van der Waals surface area contributed by atoms with Crippen LogP contribution >= 0.6 is 11.6 Å². The van der Waals surface area contributed by atoms with Gasteiger partial charge in [0.2, 0.25) is 5.95 Å². The number of nitrogens with one attached hydrogen (secondary N) is 2. The van der Waals surface area contributed by atoms with Gasteiger partial charge in [-0.2, -0.15) is 0 Å². The molecule has 1 aromatic carbocycles. The van der Waals surface area contributed by atoms with E-state index in [1.165, 1.54) is 25.0 Å². The van der Waals surface area contributed by atoms with E-state index < -0.39 is 10.0 Å². The number of anilines is 2. The molecule has 1 fully saturated rings. The number of benzene rings is 1. The highest BCUT2D eigenvalue weighted by Crippen LogP contribution is 2.25. The van der Waals surface area contributed by atoms with Crippen LogP contribution in [0.4, 0.5) is 11.8 Å². The third kappa shape index (κ3) is 6.60. The minimum atomic E-state index is -3.84. The predicted octanol–water partition coefficient (Wildman–Crippen LogP) is 5.09. The number of nitrogens with zero attached hydrogens (tertiary/aromatic N) is 4. The highest BCUT2D eigenvalue weighted by Gasteiger charge is 2.22. The fourth-order valence-electron chi connectivity index (χ4n) is 4.26. The smallest absolute Gasteiger partial charge is 0.264 e. The van der Waals surface area contributed by atoms with Gasteiger partial charge < -0.3 is 10.2 Å². The third-order valence-corrected chi connectivity index (χ3v) is 8.23. The van der Waals surface area contributed by atoms with Crippen LogP contribution in [0.5, 0.6) is 0 Å². The number of hydrogen-bond donors (Lipinski definition) is 2. The highest BCUT2D eigenvalue weighted by atomic mass is 35.5. The number of aromatic nitrogens is 3. The molecule has 0 atom stereocenters. The van der Waals surface area contributed by atoms with Crippen LogP contribution in [0, 0.1) is 6.92 Å². The summed E-state index contributed by atoms with van der Waals surface area (Å²) < 4.78 is 27.8. The number of halogens is 1. The Bertz CT molecular complexity index is 1320. The molecule has 0 unspecified atom stereocenters. The molecular formula is C26H31ClN6O2S. The zero-order valence-electron chi connectivity index (χ0n) is 20.6. The first-order valence-electron chi connectivity index (χ1n) is 11.9. The van der Waals surface area contributed by atoms with Crippen molar-refractivity contribution in [2.24, 2.45) is 0 Å². The summed E-state index contributed by atoms with van der Waals surface area (Å²) >= 11 is 6.04. The number of sulfonamides is 1. The van der Waals surface area contributed by atoms with E-state index in [1.807, 2.05) is 25.1 Å². The third-order valence-electron chi connectivity index (χ3n) is 6.38. The second kappa shape index (κ2) is 11.4. The quantitative estimate of drug-likeness (QED) is 0.421. The van der Waals surface area contributed by atoms with Crippen molar-refractivity contribution in [3.8, 4) is 0 Å². The normalized spacial score (nSPS) is 18.5. The van der Waals surface area contributed by atoms with Gasteiger partial charge in [-0.1, -0.05) is 35.9 Å². The van der Waals surface area contributed by atoms with E-state index in [4.69, 9.17) is 11.6 Å². The van der Waals surface area contributed by atoms with E-state index in [2.05, 4.69) is 44.0 Å². The lowest BCUT2D eigenvalue weighted by Crippen LogP contribution is -2.36. The van der Waals surface area contributed by atoms with Crippen molar-refractivity contribution in [3.63, 3.8) is 0 Å². The van der Waals surface area contributed by atoms with Crippen molar-refractivity contribution in [2.75, 3.05) is 24.1 Å². The number of hydrogen-bond acceptors (Lipinski definition) is 7. The number of pyridine rings is 1. The zero-order valence-corrected chi connectivity index (χ0v) is 22.2. The summed E-state index contributed by atoms with van der Waals surface area (Å²) in [4.78, 5) is 15.6. The van der Waals surface area contributed by atoms with E-state index in [-0.39, 0.29) is 15.7 Å². The lowest BCUT2D eigenvalue weighted by Gasteiger charge is -2.32. The summed E-state index contributed by atoms with van der Waals surface area (Å²) in [7, 11) is 0.447. The Morgan fingerprint density at radius 1 is 1.00 bits per heavy atom. The van der Waals surface area contributed by atoms with Crippen LogP contribution in [-0.4, -0.2) is 54.4 Å². The van der Waals surface area contributed by atoms with Gasteiger partial charge in [-0.25, -0.2) is 23.4 Å². The molecule has 2 aromatic heterocycles. The van der Waals surface area contributed by atoms with Crippen LogP contribution in [0.1, 0.15) is 42.5 Å². The van der Waals surface area contributed by atoms with Crippen LogP contribution in [-0.2, 0) is 10.0 Å². The Hall–Kier alpha value is -3.01. The summed E-state index contributed by atoms with van der Waals surface area (Å²) in [5, 5.41) is 3.61. The Morgan fingerprint density at radius 2 is 1.69 bits per heavy atom. The number of rotatable bonds is 8. The van der Waals surface area contributed by atoms with E-state index in [0.717, 1.165) is 24.0 Å². The molecule has 1 aliphatic rings. The summed E-state index contributed by atoms with van der Waals surface area (Å²) in [6.45, 7) is 1.82. The molecule has 10 heteroatoms. The van der Waals surface area contributed by atoms with E-state index in [1.54, 1.807) is 30.6 Å². The molecule has 1 aliphatic carbocycles. The van der Waals surface area contributed by atoms with Gasteiger partial charge in [0.1, 0.15) is 10.7 Å². The lowest BCUT2D eigenvalue weighted by atomic mass is 9.91. The Morgan fingerprint density at radius 3 is 2.33 bits per heavy atom. The molecule has 1 saturated carbocycles. The maximum atomic E-state index is 12.7. The van der Waals surface area contributed by atoms with Crippen LogP contribution in [0.2, 0.25) is 5.02 Å². The Labute approximate surface area is 217 Å². The summed E-state index contributed by atoms with van der Waals surface area (Å²) in [6, 6.07) is 10.8. The fourth-order valence-corrected chi connectivity index (χ4v) is 5.79. The molecule has 3 aromatic rings. The molecule has 4 rings (SSSR count). The predicted molar refractivity (Wildman–Crippen MR) is 146 cm³/mol. The van der Waals surface area contributed by atoms with Crippen LogP contribution < -0.4 is 10.0 Å². The molecule has 8 nitrogen and oxygen atoms in total. The molecule has 36 heavy (non-hydrogen) atoms. The maximum Gasteiger partial charge on any atom is 0.264 e. The van der Waals surface area contributed by atoms with E-state index in [9.17, 15) is 8.42 Å². The average molecular weight is 527 g/mol. The standard InChI is InChI=1S/C26H31ClN6O2S/c1-18-20(10-15-25(30-18)32-36(34,35)24-7-5-4-6-23(24)27)9-8-19-16-28-26(29-17-19)31-21-11-13-22(14-12-21)33(2)3/h4-10,15-17,21-22H,11-14H2,1-3H3,(H,30,32)(H,28,29,31)/b9-8+/t21-,22-. The van der Waals surface area contributed by atoms with Gasteiger partial charge >= 0.3 is 0 Å². The number of aryl methyl sites for hydroxylation is 1. The van der Waals surface area contributed by atoms with Crippen LogP contribution in [0.15, 0.2) is 53.7 Å². The largest absolute Gasteiger partial charge is 0.351 e. The summed E-state index contributed by atoms with van der Waals surface area (Å²) in [6.07, 6.45) is 12.0. The maximum absolute atomic E-state index is 12.7. The van der Waals surface area contributed by atoms with Gasteiger partial charge in [0.15, 0.2) is 0 Å². The van der Waals surface area contributed by atoms with E-state index in [0.29, 0.717) is 23.7 Å². The molecule has 0 saturated heterocycles. The van der Waals surface area contributed by atoms with Gasteiger partial charge in [-0.05, 0) is 76.5 Å². The SMILES string of the molecule is Cc1nc(NS(=O)(=O)c2ccccc2Cl)ccc1/C=C/c1cnc(N[C@H]2CC[C@H](N(C)C)CC2)nc1. The van der Waals surface area contributed by atoms with Gasteiger partial charge in [0, 0.05) is 35.7 Å². The first-order valence-corrected chi connectivity index (χ1v) is 13.8. The average Bonchev–Trinajstić information content (AvgIpc) is 2.85. The van der Waals surface area contributed by atoms with Crippen molar-refractivity contribution >= 4 is 45.5 Å². The summed E-state index contributed by atoms with van der Waals surface area (Å²) in [5.41, 5.74) is 2.40. The van der Waals surface area contributed by atoms with Gasteiger partial charge in [-0.3, -0.25) is 4.72 Å². The van der Waals surface area contributed by atoms with E-state index >= 15 is 0 Å².